The van der Waals surface area contributed by atoms with Crippen molar-refractivity contribution in [2.45, 2.75) is 12.0 Å². The van der Waals surface area contributed by atoms with Crippen LogP contribution in [0.3, 0.4) is 0 Å². The number of likely N-dealkylation sites (N-methyl/N-ethyl adjacent to an activating group) is 1. The predicted molar refractivity (Wildman–Crippen MR) is 39.9 cm³/mol. The van der Waals surface area contributed by atoms with Crippen LogP contribution in [0.15, 0.2) is 0 Å². The van der Waals surface area contributed by atoms with Crippen molar-refractivity contribution in [1.29, 1.82) is 0 Å². The lowest BCUT2D eigenvalue weighted by molar-refractivity contribution is 0.133. The van der Waals surface area contributed by atoms with E-state index in [2.05, 4.69) is 5.32 Å². The molecule has 2 nitrogen and oxygen atoms in total. The zero-order chi connectivity index (χ0) is 7.61. The van der Waals surface area contributed by atoms with Crippen LogP contribution < -0.4 is 5.32 Å². The summed E-state index contributed by atoms with van der Waals surface area (Å²) in [6.45, 7) is 1.49. The van der Waals surface area contributed by atoms with Gasteiger partial charge in [0, 0.05) is 6.54 Å². The minimum Gasteiger partial charge on any atom is -0.315 e. The van der Waals surface area contributed by atoms with Crippen LogP contribution in [0.2, 0.25) is 0 Å². The van der Waals surface area contributed by atoms with Crippen molar-refractivity contribution >= 4 is 0 Å². The second kappa shape index (κ2) is 2.84. The van der Waals surface area contributed by atoms with Gasteiger partial charge in [-0.25, -0.2) is 4.39 Å². The fourth-order valence-electron chi connectivity index (χ4n) is 1.35. The number of alkyl halides is 1. The summed E-state index contributed by atoms with van der Waals surface area (Å²) in [6.07, 6.45) is 0.927. The normalized spacial score (nSPS) is 33.6. The van der Waals surface area contributed by atoms with Crippen LogP contribution in [0.1, 0.15) is 6.42 Å². The second-order valence-electron chi connectivity index (χ2n) is 3.18. The Morgan fingerprint density at radius 3 is 2.50 bits per heavy atom. The molecule has 60 valence electrons. The second-order valence-corrected chi connectivity index (χ2v) is 3.18. The Bertz CT molecular complexity index is 108. The van der Waals surface area contributed by atoms with Crippen molar-refractivity contribution in [3.63, 3.8) is 0 Å². The highest BCUT2D eigenvalue weighted by Crippen LogP contribution is 2.20. The Morgan fingerprint density at radius 2 is 2.30 bits per heavy atom. The Hall–Kier alpha value is -0.150. The number of nitrogens with zero attached hydrogens (tertiary/aromatic N) is 1. The molecule has 1 aliphatic heterocycles. The molecule has 0 aromatic carbocycles. The maximum absolute atomic E-state index is 12.5. The summed E-state index contributed by atoms with van der Waals surface area (Å²) in [6, 6.07) is 0. The Labute approximate surface area is 61.4 Å². The third-order valence-electron chi connectivity index (χ3n) is 2.42. The van der Waals surface area contributed by atoms with E-state index in [4.69, 9.17) is 0 Å². The van der Waals surface area contributed by atoms with Crippen molar-refractivity contribution in [2.75, 3.05) is 33.9 Å². The maximum atomic E-state index is 12.5. The van der Waals surface area contributed by atoms with E-state index in [-0.39, 0.29) is 12.2 Å². The van der Waals surface area contributed by atoms with E-state index in [9.17, 15) is 4.39 Å². The maximum Gasteiger partial charge on any atom is 0.109 e. The lowest BCUT2D eigenvalue weighted by Gasteiger charge is -2.32. The fraction of sp³-hybridized carbons (Fsp3) is 1.00. The molecule has 1 N–H and O–H groups in total. The molecule has 3 heteroatoms. The van der Waals surface area contributed by atoms with E-state index in [0.717, 1.165) is 19.5 Å². The third-order valence-corrected chi connectivity index (χ3v) is 2.42. The van der Waals surface area contributed by atoms with Crippen LogP contribution in [-0.2, 0) is 0 Å². The van der Waals surface area contributed by atoms with Gasteiger partial charge in [0.2, 0.25) is 0 Å². The molecular formula is C7H15FN2. The van der Waals surface area contributed by atoms with Gasteiger partial charge in [-0.2, -0.15) is 0 Å². The van der Waals surface area contributed by atoms with E-state index in [1.165, 1.54) is 0 Å². The van der Waals surface area contributed by atoms with Crippen molar-refractivity contribution in [2.24, 2.45) is 0 Å². The van der Waals surface area contributed by atoms with E-state index >= 15 is 0 Å². The van der Waals surface area contributed by atoms with Gasteiger partial charge < -0.3 is 10.2 Å². The highest BCUT2D eigenvalue weighted by Gasteiger charge is 2.35. The number of halogens is 1. The average Bonchev–Trinajstić information content (AvgIpc) is 2.35. The van der Waals surface area contributed by atoms with Gasteiger partial charge in [0.1, 0.15) is 6.67 Å². The van der Waals surface area contributed by atoms with Crippen molar-refractivity contribution in [3.8, 4) is 0 Å². The minimum atomic E-state index is -0.243. The van der Waals surface area contributed by atoms with Crippen LogP contribution in [0, 0.1) is 0 Å². The van der Waals surface area contributed by atoms with Crippen LogP contribution >= 0.6 is 0 Å². The van der Waals surface area contributed by atoms with Gasteiger partial charge in [0.05, 0.1) is 5.54 Å². The third kappa shape index (κ3) is 1.16. The molecule has 1 aliphatic rings. The van der Waals surface area contributed by atoms with E-state index in [0.29, 0.717) is 0 Å². The number of hydrogen-bond acceptors (Lipinski definition) is 2. The van der Waals surface area contributed by atoms with Crippen LogP contribution in [-0.4, -0.2) is 44.3 Å². The van der Waals surface area contributed by atoms with Gasteiger partial charge in [-0.05, 0) is 27.1 Å². The highest BCUT2D eigenvalue weighted by atomic mass is 19.1. The first-order valence-electron chi connectivity index (χ1n) is 3.65. The van der Waals surface area contributed by atoms with Gasteiger partial charge in [0.15, 0.2) is 0 Å². The predicted octanol–water partition coefficient (Wildman–Crippen LogP) is 0.250. The summed E-state index contributed by atoms with van der Waals surface area (Å²) >= 11 is 0. The van der Waals surface area contributed by atoms with Crippen LogP contribution in [0.5, 0.6) is 0 Å². The summed E-state index contributed by atoms with van der Waals surface area (Å²) in [5.41, 5.74) is -0.208. The average molecular weight is 146 g/mol. The quantitative estimate of drug-likeness (QED) is 0.600. The molecule has 1 atom stereocenters. The SMILES string of the molecule is CN(C)C1(CF)CCNC1. The minimum absolute atomic E-state index is 0.208. The molecule has 1 unspecified atom stereocenters. The van der Waals surface area contributed by atoms with E-state index in [1.807, 2.05) is 19.0 Å². The summed E-state index contributed by atoms with van der Waals surface area (Å²) in [5.74, 6) is 0. The first kappa shape index (κ1) is 7.95. The van der Waals surface area contributed by atoms with Crippen LogP contribution in [0.4, 0.5) is 4.39 Å². The van der Waals surface area contributed by atoms with Crippen molar-refractivity contribution < 1.29 is 4.39 Å². The van der Waals surface area contributed by atoms with Gasteiger partial charge in [-0.3, -0.25) is 0 Å². The molecule has 1 saturated heterocycles. The highest BCUT2D eigenvalue weighted by molar-refractivity contribution is 4.94. The summed E-state index contributed by atoms with van der Waals surface area (Å²) < 4.78 is 12.5. The largest absolute Gasteiger partial charge is 0.315 e. The molecule has 0 radical (unpaired) electrons. The molecule has 0 aliphatic carbocycles. The Balaban J connectivity index is 2.58. The van der Waals surface area contributed by atoms with Gasteiger partial charge in [-0.1, -0.05) is 0 Å². The smallest absolute Gasteiger partial charge is 0.109 e. The molecule has 1 fully saturated rings. The Kier molecular flexibility index (Phi) is 2.26. The standard InChI is InChI=1S/C7H15FN2/c1-10(2)7(5-8)3-4-9-6-7/h9H,3-6H2,1-2H3. The molecule has 1 heterocycles. The van der Waals surface area contributed by atoms with E-state index in [1.54, 1.807) is 0 Å². The molecule has 0 spiro atoms. The van der Waals surface area contributed by atoms with Crippen molar-refractivity contribution in [1.82, 2.24) is 10.2 Å². The topological polar surface area (TPSA) is 15.3 Å². The van der Waals surface area contributed by atoms with Crippen molar-refractivity contribution in [3.05, 3.63) is 0 Å². The number of hydrogen-bond donors (Lipinski definition) is 1. The molecule has 0 bridgehead atoms. The lowest BCUT2D eigenvalue weighted by atomic mass is 9.99. The molecule has 1 rings (SSSR count). The molecule has 0 aromatic heterocycles. The fourth-order valence-corrected chi connectivity index (χ4v) is 1.35. The zero-order valence-corrected chi connectivity index (χ0v) is 6.65. The molecule has 0 aromatic rings. The zero-order valence-electron chi connectivity index (χ0n) is 6.65. The summed E-state index contributed by atoms with van der Waals surface area (Å²) in [7, 11) is 3.87. The summed E-state index contributed by atoms with van der Waals surface area (Å²) in [4.78, 5) is 1.98. The summed E-state index contributed by atoms with van der Waals surface area (Å²) in [5, 5.41) is 3.16. The molecular weight excluding hydrogens is 131 g/mol. The molecule has 0 saturated carbocycles. The molecule has 0 amide bonds. The first-order valence-corrected chi connectivity index (χ1v) is 3.65. The Morgan fingerprint density at radius 1 is 1.60 bits per heavy atom. The van der Waals surface area contributed by atoms with Gasteiger partial charge >= 0.3 is 0 Å². The first-order chi connectivity index (χ1) is 4.71. The van der Waals surface area contributed by atoms with Gasteiger partial charge in [0.25, 0.3) is 0 Å². The number of rotatable bonds is 2. The van der Waals surface area contributed by atoms with Gasteiger partial charge in [-0.15, -0.1) is 0 Å². The van der Waals surface area contributed by atoms with Crippen LogP contribution in [0.25, 0.3) is 0 Å². The molecule has 10 heavy (non-hydrogen) atoms. The van der Waals surface area contributed by atoms with E-state index < -0.39 is 0 Å². The monoisotopic (exact) mass is 146 g/mol. The lowest BCUT2D eigenvalue weighted by Crippen LogP contribution is -2.48. The number of nitrogens with one attached hydrogen (secondary N) is 1.